The van der Waals surface area contributed by atoms with Gasteiger partial charge in [-0.05, 0) is 38.0 Å². The zero-order valence-corrected chi connectivity index (χ0v) is 15.5. The molecule has 0 saturated carbocycles. The van der Waals surface area contributed by atoms with Crippen molar-refractivity contribution in [2.45, 2.75) is 32.4 Å². The van der Waals surface area contributed by atoms with E-state index >= 15 is 0 Å². The van der Waals surface area contributed by atoms with E-state index in [1.165, 1.54) is 0 Å². The molecule has 1 amide bonds. The minimum atomic E-state index is -0.527. The first-order valence-corrected chi connectivity index (χ1v) is 8.34. The van der Waals surface area contributed by atoms with Crippen LogP contribution in [0.15, 0.2) is 59.1 Å². The van der Waals surface area contributed by atoms with Crippen molar-refractivity contribution < 1.29 is 9.53 Å². The minimum absolute atomic E-state index is 0.221. The van der Waals surface area contributed by atoms with Crippen LogP contribution in [0.4, 0.5) is 4.79 Å². The third-order valence-electron chi connectivity index (χ3n) is 3.38. The summed E-state index contributed by atoms with van der Waals surface area (Å²) in [4.78, 5) is 14.2. The highest BCUT2D eigenvalue weighted by Crippen LogP contribution is 2.33. The van der Waals surface area contributed by atoms with E-state index in [1.807, 2.05) is 75.4 Å². The lowest BCUT2D eigenvalue weighted by Crippen LogP contribution is -2.37. The molecule has 4 heteroatoms. The molecule has 0 aliphatic carbocycles. The van der Waals surface area contributed by atoms with Gasteiger partial charge in [-0.1, -0.05) is 64.5 Å². The number of rotatable bonds is 3. The van der Waals surface area contributed by atoms with Crippen LogP contribution in [0.1, 0.15) is 37.9 Å². The van der Waals surface area contributed by atoms with Crippen LogP contribution in [0, 0.1) is 0 Å². The highest BCUT2D eigenvalue weighted by molar-refractivity contribution is 9.10. The second-order valence-electron chi connectivity index (χ2n) is 6.43. The lowest BCUT2D eigenvalue weighted by atomic mass is 9.98. The zero-order chi connectivity index (χ0) is 17.0. The molecule has 1 atom stereocenters. The molecular formula is C19H22BrNO2. The fourth-order valence-corrected chi connectivity index (χ4v) is 2.88. The zero-order valence-electron chi connectivity index (χ0n) is 13.9. The van der Waals surface area contributed by atoms with Gasteiger partial charge < -0.3 is 9.64 Å². The Balaban J connectivity index is 2.43. The Morgan fingerprint density at radius 1 is 1.04 bits per heavy atom. The van der Waals surface area contributed by atoms with E-state index < -0.39 is 5.60 Å². The monoisotopic (exact) mass is 375 g/mol. The molecule has 2 aromatic rings. The third kappa shape index (κ3) is 4.58. The van der Waals surface area contributed by atoms with Gasteiger partial charge in [-0.2, -0.15) is 0 Å². The molecule has 1 unspecified atom stereocenters. The summed E-state index contributed by atoms with van der Waals surface area (Å²) in [6.45, 7) is 5.61. The maximum atomic E-state index is 12.5. The van der Waals surface area contributed by atoms with Crippen LogP contribution in [-0.4, -0.2) is 23.6 Å². The van der Waals surface area contributed by atoms with Crippen LogP contribution in [0.5, 0.6) is 0 Å². The SMILES string of the molecule is CN(C(=O)OC(C)(C)C)C(c1ccccc1)c1ccccc1Br. The maximum absolute atomic E-state index is 12.5. The fraction of sp³-hybridized carbons (Fsp3) is 0.316. The number of carbonyl (C=O) groups is 1. The van der Waals surface area contributed by atoms with Crippen molar-refractivity contribution in [3.05, 3.63) is 70.2 Å². The highest BCUT2D eigenvalue weighted by Gasteiger charge is 2.28. The number of ether oxygens (including phenoxy) is 1. The minimum Gasteiger partial charge on any atom is -0.444 e. The first-order valence-electron chi connectivity index (χ1n) is 7.55. The lowest BCUT2D eigenvalue weighted by molar-refractivity contribution is 0.0248. The van der Waals surface area contributed by atoms with Gasteiger partial charge in [-0.3, -0.25) is 0 Å². The van der Waals surface area contributed by atoms with Crippen LogP contribution >= 0.6 is 15.9 Å². The van der Waals surface area contributed by atoms with Crippen molar-refractivity contribution in [1.29, 1.82) is 0 Å². The molecule has 0 aromatic heterocycles. The Kier molecular flexibility index (Phi) is 5.47. The van der Waals surface area contributed by atoms with Crippen LogP contribution in [0.25, 0.3) is 0 Å². The standard InChI is InChI=1S/C19H22BrNO2/c1-19(2,3)23-18(22)21(4)17(14-10-6-5-7-11-14)15-12-8-9-13-16(15)20/h5-13,17H,1-4H3. The van der Waals surface area contributed by atoms with Crippen molar-refractivity contribution >= 4 is 22.0 Å². The topological polar surface area (TPSA) is 29.5 Å². The molecule has 0 radical (unpaired) electrons. The van der Waals surface area contributed by atoms with E-state index in [-0.39, 0.29) is 12.1 Å². The predicted molar refractivity (Wildman–Crippen MR) is 96.4 cm³/mol. The summed E-state index contributed by atoms with van der Waals surface area (Å²) in [6, 6.07) is 17.7. The summed E-state index contributed by atoms with van der Waals surface area (Å²) in [5.74, 6) is 0. The van der Waals surface area contributed by atoms with Gasteiger partial charge in [0.05, 0.1) is 6.04 Å². The van der Waals surface area contributed by atoms with Gasteiger partial charge >= 0.3 is 6.09 Å². The first-order chi connectivity index (χ1) is 10.8. The number of amides is 1. The van der Waals surface area contributed by atoms with Gasteiger partial charge in [0.2, 0.25) is 0 Å². The molecule has 0 N–H and O–H groups in total. The molecule has 0 aliphatic heterocycles. The molecule has 2 rings (SSSR count). The summed E-state index contributed by atoms with van der Waals surface area (Å²) in [6.07, 6.45) is -0.345. The van der Waals surface area contributed by atoms with Gasteiger partial charge in [0.15, 0.2) is 0 Å². The molecule has 23 heavy (non-hydrogen) atoms. The summed E-state index contributed by atoms with van der Waals surface area (Å²) >= 11 is 3.59. The highest BCUT2D eigenvalue weighted by atomic mass is 79.9. The number of hydrogen-bond donors (Lipinski definition) is 0. The molecule has 0 fully saturated rings. The molecule has 0 saturated heterocycles. The second kappa shape index (κ2) is 7.18. The van der Waals surface area contributed by atoms with Crippen LogP contribution in [-0.2, 0) is 4.74 Å². The van der Waals surface area contributed by atoms with Gasteiger partial charge in [0.25, 0.3) is 0 Å². The Hall–Kier alpha value is -1.81. The van der Waals surface area contributed by atoms with E-state index in [9.17, 15) is 4.79 Å². The smallest absolute Gasteiger partial charge is 0.410 e. The van der Waals surface area contributed by atoms with Crippen molar-refractivity contribution in [3.8, 4) is 0 Å². The molecular weight excluding hydrogens is 354 g/mol. The molecule has 0 heterocycles. The normalized spacial score (nSPS) is 12.6. The summed E-state index contributed by atoms with van der Waals surface area (Å²) in [5, 5.41) is 0. The molecule has 3 nitrogen and oxygen atoms in total. The van der Waals surface area contributed by atoms with E-state index in [0.717, 1.165) is 15.6 Å². The number of benzene rings is 2. The molecule has 0 aliphatic rings. The van der Waals surface area contributed by atoms with Crippen molar-refractivity contribution in [3.63, 3.8) is 0 Å². The largest absolute Gasteiger partial charge is 0.444 e. The predicted octanol–water partition coefficient (Wildman–Crippen LogP) is 5.41. The first kappa shape index (κ1) is 17.5. The van der Waals surface area contributed by atoms with Gasteiger partial charge in [0, 0.05) is 11.5 Å². The summed E-state index contributed by atoms with van der Waals surface area (Å²) in [7, 11) is 1.77. The lowest BCUT2D eigenvalue weighted by Gasteiger charge is -2.32. The van der Waals surface area contributed by atoms with E-state index in [0.29, 0.717) is 0 Å². The number of halogens is 1. The quantitative estimate of drug-likeness (QED) is 0.717. The van der Waals surface area contributed by atoms with Gasteiger partial charge in [-0.15, -0.1) is 0 Å². The van der Waals surface area contributed by atoms with Crippen LogP contribution in [0.3, 0.4) is 0 Å². The van der Waals surface area contributed by atoms with Crippen molar-refractivity contribution in [2.24, 2.45) is 0 Å². The summed E-state index contributed by atoms with van der Waals surface area (Å²) < 4.78 is 6.50. The number of nitrogens with zero attached hydrogens (tertiary/aromatic N) is 1. The van der Waals surface area contributed by atoms with Crippen molar-refractivity contribution in [1.82, 2.24) is 4.90 Å². The maximum Gasteiger partial charge on any atom is 0.410 e. The Morgan fingerprint density at radius 2 is 1.61 bits per heavy atom. The number of carbonyl (C=O) groups excluding carboxylic acids is 1. The van der Waals surface area contributed by atoms with Crippen LogP contribution in [0.2, 0.25) is 0 Å². The molecule has 0 spiro atoms. The summed E-state index contributed by atoms with van der Waals surface area (Å²) in [5.41, 5.74) is 1.53. The molecule has 0 bridgehead atoms. The average Bonchev–Trinajstić information content (AvgIpc) is 2.49. The van der Waals surface area contributed by atoms with Crippen LogP contribution < -0.4 is 0 Å². The average molecular weight is 376 g/mol. The molecule has 122 valence electrons. The van der Waals surface area contributed by atoms with E-state index in [1.54, 1.807) is 11.9 Å². The second-order valence-corrected chi connectivity index (χ2v) is 7.28. The Labute approximate surface area is 146 Å². The van der Waals surface area contributed by atoms with E-state index in [4.69, 9.17) is 4.74 Å². The number of hydrogen-bond acceptors (Lipinski definition) is 2. The van der Waals surface area contributed by atoms with Gasteiger partial charge in [0.1, 0.15) is 5.60 Å². The Bertz CT molecular complexity index is 665. The van der Waals surface area contributed by atoms with E-state index in [2.05, 4.69) is 15.9 Å². The molecule has 2 aromatic carbocycles. The third-order valence-corrected chi connectivity index (χ3v) is 4.11. The van der Waals surface area contributed by atoms with Gasteiger partial charge in [-0.25, -0.2) is 4.79 Å². The Morgan fingerprint density at radius 3 is 2.17 bits per heavy atom. The fourth-order valence-electron chi connectivity index (χ4n) is 2.38. The van der Waals surface area contributed by atoms with Crippen molar-refractivity contribution in [2.75, 3.05) is 7.05 Å².